The lowest BCUT2D eigenvalue weighted by molar-refractivity contribution is 0.228. The molecule has 0 saturated carbocycles. The maximum Gasteiger partial charge on any atom is 0.0110 e. The summed E-state index contributed by atoms with van der Waals surface area (Å²) >= 11 is 0. The maximum atomic E-state index is 5.61. The second-order valence-electron chi connectivity index (χ2n) is 5.53. The smallest absolute Gasteiger partial charge is 0.0110 e. The summed E-state index contributed by atoms with van der Waals surface area (Å²) in [6.45, 7) is 16.7. The van der Waals surface area contributed by atoms with E-state index in [0.717, 1.165) is 52.4 Å². The predicted molar refractivity (Wildman–Crippen MR) is 84.6 cm³/mol. The first-order chi connectivity index (χ1) is 9.07. The molecule has 0 rings (SSSR count). The van der Waals surface area contributed by atoms with Gasteiger partial charge in [-0.15, -0.1) is 0 Å². The monoisotopic (exact) mass is 273 g/mol. The van der Waals surface area contributed by atoms with Gasteiger partial charge in [0.25, 0.3) is 0 Å². The van der Waals surface area contributed by atoms with Crippen LogP contribution in [0, 0.1) is 0 Å². The van der Waals surface area contributed by atoms with E-state index in [9.17, 15) is 0 Å². The van der Waals surface area contributed by atoms with Crippen LogP contribution in [0.2, 0.25) is 0 Å². The molecule has 0 aliphatic carbocycles. The highest BCUT2D eigenvalue weighted by atomic mass is 15.2. The van der Waals surface area contributed by atoms with Gasteiger partial charge >= 0.3 is 0 Å². The molecular weight excluding hydrogens is 238 g/mol. The molecule has 5 N–H and O–H groups in total. The summed E-state index contributed by atoms with van der Waals surface area (Å²) in [5.41, 5.74) is 5.61. The normalized spacial score (nSPS) is 12.0. The SMILES string of the molecule is CC(C)NCCNCCNCCN(CCN)C(C)C. The lowest BCUT2D eigenvalue weighted by Gasteiger charge is -2.25. The average Bonchev–Trinajstić information content (AvgIpc) is 2.34. The van der Waals surface area contributed by atoms with Crippen molar-refractivity contribution in [2.24, 2.45) is 5.73 Å². The van der Waals surface area contributed by atoms with Crippen LogP contribution < -0.4 is 21.7 Å². The molecule has 0 radical (unpaired) electrons. The minimum Gasteiger partial charge on any atom is -0.329 e. The molecule has 5 nitrogen and oxygen atoms in total. The van der Waals surface area contributed by atoms with Crippen molar-refractivity contribution in [2.45, 2.75) is 39.8 Å². The average molecular weight is 273 g/mol. The second kappa shape index (κ2) is 12.8. The van der Waals surface area contributed by atoms with Gasteiger partial charge < -0.3 is 21.7 Å². The summed E-state index contributed by atoms with van der Waals surface area (Å²) < 4.78 is 0. The first-order valence-electron chi connectivity index (χ1n) is 7.66. The van der Waals surface area contributed by atoms with Gasteiger partial charge in [0.15, 0.2) is 0 Å². The highest BCUT2D eigenvalue weighted by Gasteiger charge is 2.06. The van der Waals surface area contributed by atoms with E-state index in [1.54, 1.807) is 0 Å². The summed E-state index contributed by atoms with van der Waals surface area (Å²) in [6.07, 6.45) is 0. The summed E-state index contributed by atoms with van der Waals surface area (Å²) in [5, 5.41) is 10.3. The molecule has 0 atom stereocenters. The molecule has 0 aromatic carbocycles. The third-order valence-electron chi connectivity index (χ3n) is 3.06. The van der Waals surface area contributed by atoms with E-state index >= 15 is 0 Å². The highest BCUT2D eigenvalue weighted by Crippen LogP contribution is 1.94. The summed E-state index contributed by atoms with van der Waals surface area (Å²) in [5.74, 6) is 0. The van der Waals surface area contributed by atoms with Crippen LogP contribution in [0.25, 0.3) is 0 Å². The van der Waals surface area contributed by atoms with Gasteiger partial charge in [0.05, 0.1) is 0 Å². The van der Waals surface area contributed by atoms with E-state index in [-0.39, 0.29) is 0 Å². The van der Waals surface area contributed by atoms with Crippen LogP contribution >= 0.6 is 0 Å². The van der Waals surface area contributed by atoms with E-state index in [0.29, 0.717) is 12.1 Å². The van der Waals surface area contributed by atoms with Gasteiger partial charge in [0, 0.05) is 64.4 Å². The van der Waals surface area contributed by atoms with E-state index < -0.39 is 0 Å². The summed E-state index contributed by atoms with van der Waals surface area (Å²) in [4.78, 5) is 2.41. The van der Waals surface area contributed by atoms with E-state index in [1.165, 1.54) is 0 Å². The Morgan fingerprint density at radius 3 is 1.95 bits per heavy atom. The van der Waals surface area contributed by atoms with Crippen LogP contribution in [0.1, 0.15) is 27.7 Å². The van der Waals surface area contributed by atoms with Crippen molar-refractivity contribution < 1.29 is 0 Å². The van der Waals surface area contributed by atoms with Crippen LogP contribution in [0.4, 0.5) is 0 Å². The summed E-state index contributed by atoms with van der Waals surface area (Å²) in [6, 6.07) is 1.15. The van der Waals surface area contributed by atoms with E-state index in [4.69, 9.17) is 5.73 Å². The Labute approximate surface area is 119 Å². The Morgan fingerprint density at radius 2 is 1.42 bits per heavy atom. The fraction of sp³-hybridized carbons (Fsp3) is 1.00. The van der Waals surface area contributed by atoms with Gasteiger partial charge in [0.1, 0.15) is 0 Å². The molecule has 0 aromatic heterocycles. The zero-order valence-corrected chi connectivity index (χ0v) is 13.3. The molecule has 0 aromatic rings. The number of hydrogen-bond donors (Lipinski definition) is 4. The van der Waals surface area contributed by atoms with Crippen LogP contribution in [0.15, 0.2) is 0 Å². The van der Waals surface area contributed by atoms with Gasteiger partial charge in [-0.25, -0.2) is 0 Å². The number of hydrogen-bond acceptors (Lipinski definition) is 5. The van der Waals surface area contributed by atoms with Gasteiger partial charge in [-0.05, 0) is 13.8 Å². The molecule has 0 aliphatic rings. The molecular formula is C14H35N5. The van der Waals surface area contributed by atoms with Crippen molar-refractivity contribution in [2.75, 3.05) is 52.4 Å². The molecule has 0 bridgehead atoms. The third kappa shape index (κ3) is 12.6. The topological polar surface area (TPSA) is 65.3 Å². The molecule has 116 valence electrons. The highest BCUT2D eigenvalue weighted by molar-refractivity contribution is 4.65. The fourth-order valence-corrected chi connectivity index (χ4v) is 1.89. The largest absolute Gasteiger partial charge is 0.329 e. The molecule has 0 saturated heterocycles. The Kier molecular flexibility index (Phi) is 12.7. The summed E-state index contributed by atoms with van der Waals surface area (Å²) in [7, 11) is 0. The lowest BCUT2D eigenvalue weighted by atomic mass is 10.3. The van der Waals surface area contributed by atoms with Crippen LogP contribution in [-0.2, 0) is 0 Å². The fourth-order valence-electron chi connectivity index (χ4n) is 1.89. The Hall–Kier alpha value is -0.200. The molecule has 0 aliphatic heterocycles. The molecule has 0 spiro atoms. The van der Waals surface area contributed by atoms with Crippen molar-refractivity contribution >= 4 is 0 Å². The van der Waals surface area contributed by atoms with Crippen molar-refractivity contribution in [3.8, 4) is 0 Å². The van der Waals surface area contributed by atoms with Crippen molar-refractivity contribution in [1.82, 2.24) is 20.9 Å². The molecule has 0 unspecified atom stereocenters. The number of nitrogens with one attached hydrogen (secondary N) is 3. The number of nitrogens with two attached hydrogens (primary N) is 1. The molecule has 0 amide bonds. The predicted octanol–water partition coefficient (Wildman–Crippen LogP) is -0.167. The number of rotatable bonds is 13. The first kappa shape index (κ1) is 18.8. The second-order valence-corrected chi connectivity index (χ2v) is 5.53. The zero-order valence-electron chi connectivity index (χ0n) is 13.3. The van der Waals surface area contributed by atoms with Gasteiger partial charge in [-0.1, -0.05) is 13.8 Å². The molecule has 0 heterocycles. The Balaban J connectivity index is 3.29. The van der Waals surface area contributed by atoms with Crippen molar-refractivity contribution in [3.05, 3.63) is 0 Å². The Morgan fingerprint density at radius 1 is 0.842 bits per heavy atom. The van der Waals surface area contributed by atoms with Crippen molar-refractivity contribution in [3.63, 3.8) is 0 Å². The zero-order chi connectivity index (χ0) is 14.5. The van der Waals surface area contributed by atoms with E-state index in [2.05, 4.69) is 48.5 Å². The van der Waals surface area contributed by atoms with Crippen LogP contribution in [0.5, 0.6) is 0 Å². The Bertz CT molecular complexity index is 185. The van der Waals surface area contributed by atoms with Gasteiger partial charge in [0.2, 0.25) is 0 Å². The van der Waals surface area contributed by atoms with Gasteiger partial charge in [-0.2, -0.15) is 0 Å². The van der Waals surface area contributed by atoms with Crippen molar-refractivity contribution in [1.29, 1.82) is 0 Å². The first-order valence-corrected chi connectivity index (χ1v) is 7.66. The van der Waals surface area contributed by atoms with E-state index in [1.807, 2.05) is 0 Å². The molecule has 5 heteroatoms. The molecule has 19 heavy (non-hydrogen) atoms. The van der Waals surface area contributed by atoms with Gasteiger partial charge in [-0.3, -0.25) is 4.90 Å². The minimum absolute atomic E-state index is 0.574. The quantitative estimate of drug-likeness (QED) is 0.351. The van der Waals surface area contributed by atoms with Crippen LogP contribution in [-0.4, -0.2) is 69.3 Å². The third-order valence-corrected chi connectivity index (χ3v) is 3.06. The lowest BCUT2D eigenvalue weighted by Crippen LogP contribution is -2.41. The standard InChI is InChI=1S/C14H35N5/c1-13(2)18-9-8-16-6-7-17-10-12-19(11-5-15)14(3)4/h13-14,16-18H,5-12,15H2,1-4H3. The maximum absolute atomic E-state index is 5.61. The van der Waals surface area contributed by atoms with Crippen LogP contribution in [0.3, 0.4) is 0 Å². The molecule has 0 fully saturated rings. The minimum atomic E-state index is 0.574. The number of nitrogens with zero attached hydrogens (tertiary/aromatic N) is 1.